The van der Waals surface area contributed by atoms with E-state index in [0.29, 0.717) is 30.2 Å². The van der Waals surface area contributed by atoms with Crippen molar-refractivity contribution in [1.82, 2.24) is 5.32 Å². The summed E-state index contributed by atoms with van der Waals surface area (Å²) in [6, 6.07) is 21.1. The third-order valence-corrected chi connectivity index (χ3v) is 6.79. The Kier molecular flexibility index (Phi) is 6.96. The Morgan fingerprint density at radius 3 is 2.49 bits per heavy atom. The van der Waals surface area contributed by atoms with Gasteiger partial charge in [0.15, 0.2) is 0 Å². The average Bonchev–Trinajstić information content (AvgIpc) is 2.86. The fraction of sp³-hybridized carbons (Fsp3) is 0.267. The Balaban J connectivity index is 1.39. The molecule has 0 bridgehead atoms. The normalized spacial score (nSPS) is 15.9. The van der Waals surface area contributed by atoms with Crippen LogP contribution in [0.2, 0.25) is 0 Å². The van der Waals surface area contributed by atoms with E-state index in [-0.39, 0.29) is 5.75 Å². The molecule has 0 saturated carbocycles. The van der Waals surface area contributed by atoms with Gasteiger partial charge in [-0.25, -0.2) is 8.78 Å². The van der Waals surface area contributed by atoms with Gasteiger partial charge in [-0.3, -0.25) is 0 Å². The second kappa shape index (κ2) is 10.4. The molecule has 1 unspecified atom stereocenters. The topological polar surface area (TPSA) is 41.5 Å². The molecule has 5 heteroatoms. The molecule has 0 radical (unpaired) electrons. The Morgan fingerprint density at radius 1 is 0.886 bits per heavy atom. The Morgan fingerprint density at radius 2 is 1.71 bits per heavy atom. The van der Waals surface area contributed by atoms with Gasteiger partial charge in [-0.2, -0.15) is 0 Å². The van der Waals surface area contributed by atoms with Crippen LogP contribution in [-0.4, -0.2) is 24.3 Å². The van der Waals surface area contributed by atoms with Crippen molar-refractivity contribution in [3.63, 3.8) is 0 Å². The number of ether oxygens (including phenoxy) is 1. The van der Waals surface area contributed by atoms with Crippen molar-refractivity contribution >= 4 is 10.8 Å². The highest BCUT2D eigenvalue weighted by Gasteiger charge is 2.15. The van der Waals surface area contributed by atoms with Crippen LogP contribution in [-0.2, 0) is 6.42 Å². The molecule has 1 aliphatic heterocycles. The highest BCUT2D eigenvalue weighted by Crippen LogP contribution is 2.35. The minimum Gasteiger partial charge on any atom is -0.508 e. The number of rotatable bonds is 7. The third kappa shape index (κ3) is 5.46. The van der Waals surface area contributed by atoms with E-state index in [1.165, 1.54) is 31.4 Å². The minimum absolute atomic E-state index is 0.175. The first kappa shape index (κ1) is 23.3. The van der Waals surface area contributed by atoms with Gasteiger partial charge in [0.1, 0.15) is 23.1 Å². The number of hydrogen-bond donors (Lipinski definition) is 2. The van der Waals surface area contributed by atoms with Crippen LogP contribution in [0.1, 0.15) is 36.8 Å². The van der Waals surface area contributed by atoms with E-state index in [9.17, 15) is 13.9 Å². The molecule has 1 atom stereocenters. The molecule has 3 nitrogen and oxygen atoms in total. The highest BCUT2D eigenvalue weighted by molar-refractivity contribution is 5.93. The van der Waals surface area contributed by atoms with Gasteiger partial charge >= 0.3 is 0 Å². The van der Waals surface area contributed by atoms with Crippen molar-refractivity contribution in [3.8, 4) is 22.6 Å². The zero-order valence-corrected chi connectivity index (χ0v) is 19.6. The Labute approximate surface area is 204 Å². The predicted octanol–water partition coefficient (Wildman–Crippen LogP) is 6.99. The van der Waals surface area contributed by atoms with E-state index in [1.807, 2.05) is 42.5 Å². The molecule has 1 fully saturated rings. The fourth-order valence-corrected chi connectivity index (χ4v) is 4.93. The maximum absolute atomic E-state index is 14.7. The van der Waals surface area contributed by atoms with E-state index in [1.54, 1.807) is 12.1 Å². The van der Waals surface area contributed by atoms with Crippen LogP contribution in [0.15, 0.2) is 72.8 Å². The average molecular weight is 474 g/mol. The first-order chi connectivity index (χ1) is 17.1. The van der Waals surface area contributed by atoms with Crippen molar-refractivity contribution < 1.29 is 18.6 Å². The van der Waals surface area contributed by atoms with Gasteiger partial charge in [-0.05, 0) is 96.1 Å². The zero-order valence-electron chi connectivity index (χ0n) is 19.6. The summed E-state index contributed by atoms with van der Waals surface area (Å²) in [7, 11) is 0. The maximum Gasteiger partial charge on any atom is 0.133 e. The molecule has 35 heavy (non-hydrogen) atoms. The Hall–Kier alpha value is -3.44. The standard InChI is InChI=1S/C30H29F2NO2/c31-22-7-12-28(30(32)19-22)27-11-6-21-18-24(34)8-13-26(21)29(27)17-20-4-9-25(10-5-20)35-16-14-23-3-1-2-15-33-23/h4-13,18-19,23,33-34H,1-3,14-17H2. The fourth-order valence-electron chi connectivity index (χ4n) is 4.93. The number of benzene rings is 4. The number of phenolic OH excluding ortho intramolecular Hbond substituents is 1. The van der Waals surface area contributed by atoms with Gasteiger partial charge < -0.3 is 15.2 Å². The van der Waals surface area contributed by atoms with Crippen molar-refractivity contribution in [3.05, 3.63) is 95.6 Å². The summed E-state index contributed by atoms with van der Waals surface area (Å²) in [6.07, 6.45) is 5.30. The predicted molar refractivity (Wildman–Crippen MR) is 136 cm³/mol. The summed E-state index contributed by atoms with van der Waals surface area (Å²) >= 11 is 0. The van der Waals surface area contributed by atoms with Crippen LogP contribution < -0.4 is 10.1 Å². The summed E-state index contributed by atoms with van der Waals surface area (Å²) in [5.74, 6) is -0.194. The largest absolute Gasteiger partial charge is 0.508 e. The van der Waals surface area contributed by atoms with Gasteiger partial charge in [0.2, 0.25) is 0 Å². The number of piperidine rings is 1. The van der Waals surface area contributed by atoms with E-state index >= 15 is 0 Å². The second-order valence-electron chi connectivity index (χ2n) is 9.23. The van der Waals surface area contributed by atoms with Crippen molar-refractivity contribution in [2.75, 3.05) is 13.2 Å². The quantitative estimate of drug-likeness (QED) is 0.304. The second-order valence-corrected chi connectivity index (χ2v) is 9.23. The van der Waals surface area contributed by atoms with Crippen LogP contribution in [0.3, 0.4) is 0 Å². The van der Waals surface area contributed by atoms with Gasteiger partial charge in [0.25, 0.3) is 0 Å². The smallest absolute Gasteiger partial charge is 0.133 e. The molecule has 4 aromatic rings. The molecule has 0 amide bonds. The summed E-state index contributed by atoms with van der Waals surface area (Å²) in [5, 5.41) is 15.3. The number of halogens is 2. The van der Waals surface area contributed by atoms with Crippen LogP contribution >= 0.6 is 0 Å². The van der Waals surface area contributed by atoms with Crippen LogP contribution in [0, 0.1) is 11.6 Å². The van der Waals surface area contributed by atoms with Crippen molar-refractivity contribution in [2.24, 2.45) is 0 Å². The molecule has 1 saturated heterocycles. The number of nitrogens with one attached hydrogen (secondary N) is 1. The molecule has 0 aliphatic carbocycles. The number of fused-ring (bicyclic) bond motifs is 1. The summed E-state index contributed by atoms with van der Waals surface area (Å²) in [4.78, 5) is 0. The lowest BCUT2D eigenvalue weighted by Crippen LogP contribution is -2.35. The number of hydrogen-bond acceptors (Lipinski definition) is 3. The molecule has 4 aromatic carbocycles. The van der Waals surface area contributed by atoms with Gasteiger partial charge in [-0.1, -0.05) is 36.8 Å². The monoisotopic (exact) mass is 473 g/mol. The van der Waals surface area contributed by atoms with Gasteiger partial charge in [-0.15, -0.1) is 0 Å². The van der Waals surface area contributed by atoms with Crippen LogP contribution in [0.5, 0.6) is 11.5 Å². The third-order valence-electron chi connectivity index (χ3n) is 6.79. The molecule has 180 valence electrons. The molecule has 0 aromatic heterocycles. The lowest BCUT2D eigenvalue weighted by Gasteiger charge is -2.23. The minimum atomic E-state index is -0.603. The molecule has 2 N–H and O–H groups in total. The van der Waals surface area contributed by atoms with E-state index < -0.39 is 11.6 Å². The lowest BCUT2D eigenvalue weighted by atomic mass is 9.90. The molecule has 1 heterocycles. The molecule has 0 spiro atoms. The molecule has 1 aliphatic rings. The SMILES string of the molecule is Oc1ccc2c(Cc3ccc(OCCC4CCCCN4)cc3)c(-c3ccc(F)cc3F)ccc2c1. The number of aromatic hydroxyl groups is 1. The van der Waals surface area contributed by atoms with Gasteiger partial charge in [0.05, 0.1) is 6.61 Å². The molecular formula is C30H29F2NO2. The Bertz CT molecular complexity index is 1310. The zero-order chi connectivity index (χ0) is 24.2. The van der Waals surface area contributed by atoms with Crippen molar-refractivity contribution in [1.29, 1.82) is 0 Å². The van der Waals surface area contributed by atoms with Crippen LogP contribution in [0.4, 0.5) is 8.78 Å². The highest BCUT2D eigenvalue weighted by atomic mass is 19.1. The summed E-state index contributed by atoms with van der Waals surface area (Å²) in [6.45, 7) is 1.77. The van der Waals surface area contributed by atoms with E-state index in [0.717, 1.165) is 46.7 Å². The first-order valence-electron chi connectivity index (χ1n) is 12.2. The van der Waals surface area contributed by atoms with Crippen LogP contribution in [0.25, 0.3) is 21.9 Å². The van der Waals surface area contributed by atoms with Crippen molar-refractivity contribution in [2.45, 2.75) is 38.1 Å². The molecule has 5 rings (SSSR count). The van der Waals surface area contributed by atoms with E-state index in [4.69, 9.17) is 4.74 Å². The summed E-state index contributed by atoms with van der Waals surface area (Å²) in [5.41, 5.74) is 3.04. The van der Waals surface area contributed by atoms with Gasteiger partial charge in [0, 0.05) is 17.7 Å². The molecular weight excluding hydrogens is 444 g/mol. The maximum atomic E-state index is 14.7. The van der Waals surface area contributed by atoms with E-state index in [2.05, 4.69) is 5.32 Å². The lowest BCUT2D eigenvalue weighted by molar-refractivity contribution is 0.268. The number of phenols is 1. The summed E-state index contributed by atoms with van der Waals surface area (Å²) < 4.78 is 34.2. The first-order valence-corrected chi connectivity index (χ1v) is 12.2.